The Morgan fingerprint density at radius 3 is 3.00 bits per heavy atom. The lowest BCUT2D eigenvalue weighted by atomic mass is 10.3. The molecule has 0 saturated heterocycles. The van der Waals surface area contributed by atoms with Crippen LogP contribution >= 0.6 is 11.8 Å². The van der Waals surface area contributed by atoms with E-state index in [-0.39, 0.29) is 4.92 Å². The molecule has 0 bridgehead atoms. The molecule has 0 spiro atoms. The maximum absolute atomic E-state index is 10.3. The molecule has 5 heteroatoms. The van der Waals surface area contributed by atoms with Crippen LogP contribution in [0.2, 0.25) is 0 Å². The van der Waals surface area contributed by atoms with Gasteiger partial charge in [-0.1, -0.05) is 0 Å². The summed E-state index contributed by atoms with van der Waals surface area (Å²) in [6, 6.07) is -0.519. The molecule has 56 valence electrons. The Morgan fingerprint density at radius 1 is 1.90 bits per heavy atom. The summed E-state index contributed by atoms with van der Waals surface area (Å²) >= 11 is 1.38. The van der Waals surface area contributed by atoms with E-state index in [1.165, 1.54) is 11.8 Å². The highest BCUT2D eigenvalue weighted by Crippen LogP contribution is 2.16. The fourth-order valence-corrected chi connectivity index (χ4v) is 1.62. The van der Waals surface area contributed by atoms with E-state index < -0.39 is 6.04 Å². The van der Waals surface area contributed by atoms with E-state index >= 15 is 0 Å². The van der Waals surface area contributed by atoms with E-state index in [1.54, 1.807) is 0 Å². The molecule has 1 aliphatic heterocycles. The Kier molecular flexibility index (Phi) is 2.26. The fourth-order valence-electron chi connectivity index (χ4n) is 0.922. The van der Waals surface area contributed by atoms with Crippen molar-refractivity contribution < 1.29 is 4.92 Å². The standard InChI is InChI=1S/C5H8N2O2S/c1-10-5-4(7(8)9)2-3-6-5/h4H,2-3H2,1H3. The first kappa shape index (κ1) is 7.53. The van der Waals surface area contributed by atoms with Crippen molar-refractivity contribution in [2.75, 3.05) is 12.8 Å². The van der Waals surface area contributed by atoms with Gasteiger partial charge >= 0.3 is 0 Å². The van der Waals surface area contributed by atoms with Crippen molar-refractivity contribution in [1.29, 1.82) is 0 Å². The molecule has 0 saturated carbocycles. The Morgan fingerprint density at radius 2 is 2.60 bits per heavy atom. The number of aliphatic imine (C=N–C) groups is 1. The molecule has 0 fully saturated rings. The zero-order chi connectivity index (χ0) is 7.56. The van der Waals surface area contributed by atoms with Crippen molar-refractivity contribution in [3.05, 3.63) is 10.1 Å². The fraction of sp³-hybridized carbons (Fsp3) is 0.800. The van der Waals surface area contributed by atoms with Gasteiger partial charge in [0, 0.05) is 17.9 Å². The molecule has 0 radical (unpaired) electrons. The minimum absolute atomic E-state index is 0.262. The number of hydrogen-bond acceptors (Lipinski definition) is 4. The van der Waals surface area contributed by atoms with Crippen LogP contribution in [0.3, 0.4) is 0 Å². The van der Waals surface area contributed by atoms with E-state index in [0.717, 1.165) is 0 Å². The average Bonchev–Trinajstić information content (AvgIpc) is 2.33. The van der Waals surface area contributed by atoms with Gasteiger partial charge in [-0.05, 0) is 6.26 Å². The normalized spacial score (nSPS) is 24.5. The molecule has 0 aromatic carbocycles. The van der Waals surface area contributed by atoms with E-state index in [9.17, 15) is 10.1 Å². The van der Waals surface area contributed by atoms with Crippen LogP contribution in [0.4, 0.5) is 0 Å². The average molecular weight is 160 g/mol. The summed E-state index contributed by atoms with van der Waals surface area (Å²) in [5, 5.41) is 11.0. The summed E-state index contributed by atoms with van der Waals surface area (Å²) in [4.78, 5) is 14.0. The molecule has 4 nitrogen and oxygen atoms in total. The largest absolute Gasteiger partial charge is 0.276 e. The van der Waals surface area contributed by atoms with Crippen molar-refractivity contribution in [2.24, 2.45) is 4.99 Å². The van der Waals surface area contributed by atoms with Crippen LogP contribution in [0.5, 0.6) is 0 Å². The van der Waals surface area contributed by atoms with Crippen LogP contribution in [0.1, 0.15) is 6.42 Å². The van der Waals surface area contributed by atoms with Crippen LogP contribution in [0, 0.1) is 10.1 Å². The SMILES string of the molecule is CSC1=NCCC1[N+](=O)[O-]. The first-order valence-electron chi connectivity index (χ1n) is 2.97. The Bertz CT molecular complexity index is 180. The number of nitrogens with zero attached hydrogens (tertiary/aromatic N) is 2. The lowest BCUT2D eigenvalue weighted by Crippen LogP contribution is -2.23. The van der Waals surface area contributed by atoms with Gasteiger partial charge in [-0.2, -0.15) is 0 Å². The van der Waals surface area contributed by atoms with Gasteiger partial charge in [0.25, 0.3) is 6.04 Å². The summed E-state index contributed by atoms with van der Waals surface area (Å²) in [6.45, 7) is 0.613. The highest BCUT2D eigenvalue weighted by atomic mass is 32.2. The van der Waals surface area contributed by atoms with Crippen molar-refractivity contribution in [1.82, 2.24) is 0 Å². The third-order valence-corrected chi connectivity index (χ3v) is 2.24. The number of nitro groups is 1. The second kappa shape index (κ2) is 3.01. The molecule has 1 rings (SSSR count). The van der Waals surface area contributed by atoms with Crippen LogP contribution < -0.4 is 0 Å². The maximum Gasteiger partial charge on any atom is 0.261 e. The lowest BCUT2D eigenvalue weighted by Gasteiger charge is -2.00. The Hall–Kier alpha value is -0.580. The summed E-state index contributed by atoms with van der Waals surface area (Å²) < 4.78 is 0. The molecule has 1 aliphatic rings. The summed E-state index contributed by atoms with van der Waals surface area (Å²) in [6.07, 6.45) is 2.39. The van der Waals surface area contributed by atoms with Gasteiger partial charge in [0.15, 0.2) is 0 Å². The summed E-state index contributed by atoms with van der Waals surface area (Å²) in [7, 11) is 0. The Balaban J connectivity index is 2.63. The van der Waals surface area contributed by atoms with E-state index in [2.05, 4.69) is 4.99 Å². The third kappa shape index (κ3) is 1.29. The highest BCUT2D eigenvalue weighted by molar-refractivity contribution is 8.13. The monoisotopic (exact) mass is 160 g/mol. The van der Waals surface area contributed by atoms with Gasteiger partial charge < -0.3 is 0 Å². The van der Waals surface area contributed by atoms with Crippen molar-refractivity contribution in [3.8, 4) is 0 Å². The van der Waals surface area contributed by atoms with Crippen LogP contribution in [0.15, 0.2) is 4.99 Å². The zero-order valence-electron chi connectivity index (χ0n) is 5.61. The van der Waals surface area contributed by atoms with E-state index in [1.807, 2.05) is 6.26 Å². The van der Waals surface area contributed by atoms with Crippen molar-refractivity contribution in [3.63, 3.8) is 0 Å². The minimum atomic E-state index is -0.519. The second-order valence-electron chi connectivity index (χ2n) is 2.01. The van der Waals surface area contributed by atoms with E-state index in [4.69, 9.17) is 0 Å². The van der Waals surface area contributed by atoms with Gasteiger partial charge in [0.1, 0.15) is 5.04 Å². The lowest BCUT2D eigenvalue weighted by molar-refractivity contribution is -0.501. The van der Waals surface area contributed by atoms with Crippen LogP contribution in [-0.4, -0.2) is 28.8 Å². The number of rotatable bonds is 1. The summed E-state index contributed by atoms with van der Waals surface area (Å²) in [5.74, 6) is 0. The van der Waals surface area contributed by atoms with Gasteiger partial charge in [-0.15, -0.1) is 11.8 Å². The molecule has 0 aromatic heterocycles. The molecule has 1 unspecified atom stereocenters. The van der Waals surface area contributed by atoms with Crippen LogP contribution in [-0.2, 0) is 0 Å². The first-order chi connectivity index (χ1) is 4.75. The Labute approximate surface area is 62.9 Å². The summed E-state index contributed by atoms with van der Waals surface area (Å²) in [5.41, 5.74) is 0. The molecule has 1 heterocycles. The predicted octanol–water partition coefficient (Wildman–Crippen LogP) is 0.797. The molecular formula is C5H8N2O2S. The second-order valence-corrected chi connectivity index (χ2v) is 2.84. The van der Waals surface area contributed by atoms with Gasteiger partial charge in [-0.3, -0.25) is 15.1 Å². The zero-order valence-corrected chi connectivity index (χ0v) is 6.43. The molecule has 10 heavy (non-hydrogen) atoms. The molecule has 1 atom stereocenters. The van der Waals surface area contributed by atoms with Crippen molar-refractivity contribution in [2.45, 2.75) is 12.5 Å². The molecule has 0 aliphatic carbocycles. The van der Waals surface area contributed by atoms with Gasteiger partial charge in [-0.25, -0.2) is 0 Å². The predicted molar refractivity (Wildman–Crippen MR) is 41.2 cm³/mol. The van der Waals surface area contributed by atoms with Gasteiger partial charge in [0.2, 0.25) is 0 Å². The smallest absolute Gasteiger partial charge is 0.261 e. The van der Waals surface area contributed by atoms with Crippen molar-refractivity contribution >= 4 is 16.8 Å². The molecule has 0 N–H and O–H groups in total. The minimum Gasteiger partial charge on any atom is -0.276 e. The molecule has 0 aromatic rings. The van der Waals surface area contributed by atoms with Gasteiger partial charge in [0.05, 0.1) is 0 Å². The molecular weight excluding hydrogens is 152 g/mol. The first-order valence-corrected chi connectivity index (χ1v) is 4.20. The van der Waals surface area contributed by atoms with E-state index in [0.29, 0.717) is 18.0 Å². The topological polar surface area (TPSA) is 55.5 Å². The third-order valence-electron chi connectivity index (χ3n) is 1.42. The quantitative estimate of drug-likeness (QED) is 0.421. The maximum atomic E-state index is 10.3. The number of hydrogen-bond donors (Lipinski definition) is 0. The highest BCUT2D eigenvalue weighted by Gasteiger charge is 2.30. The number of thioether (sulfide) groups is 1. The van der Waals surface area contributed by atoms with Crippen LogP contribution in [0.25, 0.3) is 0 Å². The molecule has 0 amide bonds.